The Bertz CT molecular complexity index is 699. The van der Waals surface area contributed by atoms with Gasteiger partial charge >= 0.3 is 5.97 Å². The summed E-state index contributed by atoms with van der Waals surface area (Å²) < 4.78 is 1.90. The Kier molecular flexibility index (Phi) is 4.14. The molecule has 2 aromatic heterocycles. The molecule has 0 aliphatic heterocycles. The Morgan fingerprint density at radius 1 is 1.32 bits per heavy atom. The van der Waals surface area contributed by atoms with E-state index in [2.05, 4.69) is 11.1 Å². The standard InChI is InChI=1S/C17H23N3O2/c1-11-14(8-9-17(21)22)12(2)20-16(18-11)10-15(19-20)13-6-4-3-5-7-13/h10,13H,3-9H2,1-2H3,(H,21,22). The molecule has 1 aliphatic rings. The number of aromatic nitrogens is 3. The van der Waals surface area contributed by atoms with Crippen molar-refractivity contribution >= 4 is 11.6 Å². The second-order valence-electron chi connectivity index (χ2n) is 6.33. The third-order valence-corrected chi connectivity index (χ3v) is 4.80. The number of carboxylic acid groups (broad SMARTS) is 1. The Hall–Kier alpha value is -1.91. The van der Waals surface area contributed by atoms with Crippen molar-refractivity contribution in [2.45, 2.75) is 64.7 Å². The minimum Gasteiger partial charge on any atom is -0.481 e. The summed E-state index contributed by atoms with van der Waals surface area (Å²) in [6.07, 6.45) is 6.98. The number of carboxylic acids is 1. The van der Waals surface area contributed by atoms with Crippen LogP contribution in [0.15, 0.2) is 6.07 Å². The van der Waals surface area contributed by atoms with Gasteiger partial charge in [0.25, 0.3) is 0 Å². The molecule has 2 aromatic rings. The molecule has 0 amide bonds. The molecule has 3 rings (SSSR count). The lowest BCUT2D eigenvalue weighted by Crippen LogP contribution is -2.08. The van der Waals surface area contributed by atoms with Crippen LogP contribution in [0, 0.1) is 13.8 Å². The molecule has 0 spiro atoms. The first-order valence-corrected chi connectivity index (χ1v) is 8.14. The molecule has 0 radical (unpaired) electrons. The van der Waals surface area contributed by atoms with E-state index in [1.807, 2.05) is 18.4 Å². The number of fused-ring (bicyclic) bond motifs is 1. The summed E-state index contributed by atoms with van der Waals surface area (Å²) in [7, 11) is 0. The zero-order valence-electron chi connectivity index (χ0n) is 13.3. The van der Waals surface area contributed by atoms with Crippen LogP contribution < -0.4 is 0 Å². The van der Waals surface area contributed by atoms with Gasteiger partial charge in [-0.2, -0.15) is 5.10 Å². The maximum Gasteiger partial charge on any atom is 0.303 e. The fourth-order valence-electron chi connectivity index (χ4n) is 3.54. The van der Waals surface area contributed by atoms with Crippen LogP contribution >= 0.6 is 0 Å². The highest BCUT2D eigenvalue weighted by Gasteiger charge is 2.20. The van der Waals surface area contributed by atoms with E-state index in [1.165, 1.54) is 32.1 Å². The predicted molar refractivity (Wildman–Crippen MR) is 84.2 cm³/mol. The van der Waals surface area contributed by atoms with Gasteiger partial charge in [-0.05, 0) is 38.7 Å². The molecule has 0 unspecified atom stereocenters. The third-order valence-electron chi connectivity index (χ3n) is 4.80. The number of nitrogens with zero attached hydrogens (tertiary/aromatic N) is 3. The van der Waals surface area contributed by atoms with Crippen LogP contribution in [0.3, 0.4) is 0 Å². The summed E-state index contributed by atoms with van der Waals surface area (Å²) >= 11 is 0. The van der Waals surface area contributed by atoms with Gasteiger partial charge in [-0.3, -0.25) is 4.79 Å². The van der Waals surface area contributed by atoms with E-state index in [1.54, 1.807) is 0 Å². The molecule has 0 bridgehead atoms. The summed E-state index contributed by atoms with van der Waals surface area (Å²) in [5, 5.41) is 13.7. The van der Waals surface area contributed by atoms with Crippen molar-refractivity contribution in [3.05, 3.63) is 28.7 Å². The highest BCUT2D eigenvalue weighted by Crippen LogP contribution is 2.32. The number of carbonyl (C=O) groups is 1. The first-order chi connectivity index (χ1) is 10.6. The van der Waals surface area contributed by atoms with E-state index in [0.717, 1.165) is 28.3 Å². The molecule has 0 aromatic carbocycles. The highest BCUT2D eigenvalue weighted by molar-refractivity contribution is 5.67. The van der Waals surface area contributed by atoms with Crippen LogP contribution in [0.4, 0.5) is 0 Å². The van der Waals surface area contributed by atoms with Gasteiger partial charge in [0.1, 0.15) is 0 Å². The van der Waals surface area contributed by atoms with Crippen LogP contribution in [0.1, 0.15) is 67.1 Å². The fourth-order valence-corrected chi connectivity index (χ4v) is 3.54. The maximum absolute atomic E-state index is 10.8. The highest BCUT2D eigenvalue weighted by atomic mass is 16.4. The summed E-state index contributed by atoms with van der Waals surface area (Å²) in [6, 6.07) is 2.11. The first kappa shape index (κ1) is 15.0. The minimum absolute atomic E-state index is 0.131. The van der Waals surface area contributed by atoms with Gasteiger partial charge in [0.05, 0.1) is 5.69 Å². The molecule has 0 atom stereocenters. The Balaban J connectivity index is 1.97. The average Bonchev–Trinajstić information content (AvgIpc) is 2.92. The van der Waals surface area contributed by atoms with Crippen LogP contribution in [0.25, 0.3) is 5.65 Å². The molecule has 0 saturated heterocycles. The number of hydrogen-bond donors (Lipinski definition) is 1. The van der Waals surface area contributed by atoms with Crippen molar-refractivity contribution in [2.75, 3.05) is 0 Å². The number of aliphatic carboxylic acids is 1. The van der Waals surface area contributed by atoms with Crippen molar-refractivity contribution in [2.24, 2.45) is 0 Å². The monoisotopic (exact) mass is 301 g/mol. The van der Waals surface area contributed by atoms with Crippen LogP contribution in [0.5, 0.6) is 0 Å². The van der Waals surface area contributed by atoms with E-state index in [-0.39, 0.29) is 6.42 Å². The largest absolute Gasteiger partial charge is 0.481 e. The van der Waals surface area contributed by atoms with Crippen molar-refractivity contribution in [1.29, 1.82) is 0 Å². The molecular weight excluding hydrogens is 278 g/mol. The van der Waals surface area contributed by atoms with Crippen molar-refractivity contribution in [1.82, 2.24) is 14.6 Å². The fraction of sp³-hybridized carbons (Fsp3) is 0.588. The van der Waals surface area contributed by atoms with Gasteiger partial charge in [0.15, 0.2) is 5.65 Å². The lowest BCUT2D eigenvalue weighted by atomic mass is 9.87. The molecule has 2 heterocycles. The summed E-state index contributed by atoms with van der Waals surface area (Å²) in [5.41, 5.74) is 4.97. The zero-order chi connectivity index (χ0) is 15.7. The lowest BCUT2D eigenvalue weighted by molar-refractivity contribution is -0.136. The van der Waals surface area contributed by atoms with Crippen molar-refractivity contribution in [3.8, 4) is 0 Å². The predicted octanol–water partition coefficient (Wildman–Crippen LogP) is 3.41. The summed E-state index contributed by atoms with van der Waals surface area (Å²) in [5.74, 6) is -0.222. The summed E-state index contributed by atoms with van der Waals surface area (Å²) in [6.45, 7) is 3.97. The smallest absolute Gasteiger partial charge is 0.303 e. The second kappa shape index (κ2) is 6.07. The molecule has 5 heteroatoms. The van der Waals surface area contributed by atoms with E-state index in [0.29, 0.717) is 12.3 Å². The zero-order valence-corrected chi connectivity index (χ0v) is 13.3. The Morgan fingerprint density at radius 3 is 2.73 bits per heavy atom. The van der Waals surface area contributed by atoms with Gasteiger partial charge in [0.2, 0.25) is 0 Å². The Labute approximate surface area is 130 Å². The lowest BCUT2D eigenvalue weighted by Gasteiger charge is -2.19. The van der Waals surface area contributed by atoms with Gasteiger partial charge in [-0.15, -0.1) is 0 Å². The Morgan fingerprint density at radius 2 is 2.05 bits per heavy atom. The SMILES string of the molecule is Cc1nc2cc(C3CCCCC3)nn2c(C)c1CCC(=O)O. The van der Waals surface area contributed by atoms with Crippen molar-refractivity contribution in [3.63, 3.8) is 0 Å². The van der Waals surface area contributed by atoms with E-state index >= 15 is 0 Å². The normalized spacial score (nSPS) is 16.3. The van der Waals surface area contributed by atoms with Gasteiger partial charge in [-0.25, -0.2) is 9.50 Å². The summed E-state index contributed by atoms with van der Waals surface area (Å²) in [4.78, 5) is 15.5. The maximum atomic E-state index is 10.8. The van der Waals surface area contributed by atoms with Gasteiger partial charge in [0, 0.05) is 29.8 Å². The molecule has 1 saturated carbocycles. The average molecular weight is 301 g/mol. The second-order valence-corrected chi connectivity index (χ2v) is 6.33. The molecule has 1 fully saturated rings. The first-order valence-electron chi connectivity index (χ1n) is 8.14. The molecule has 1 N–H and O–H groups in total. The quantitative estimate of drug-likeness (QED) is 0.939. The van der Waals surface area contributed by atoms with E-state index < -0.39 is 5.97 Å². The molecule has 118 valence electrons. The number of rotatable bonds is 4. The molecule has 22 heavy (non-hydrogen) atoms. The van der Waals surface area contributed by atoms with Crippen molar-refractivity contribution < 1.29 is 9.90 Å². The van der Waals surface area contributed by atoms with Gasteiger partial charge in [-0.1, -0.05) is 19.3 Å². The minimum atomic E-state index is -0.776. The number of aryl methyl sites for hydroxylation is 2. The number of hydrogen-bond acceptors (Lipinski definition) is 3. The van der Waals surface area contributed by atoms with E-state index in [9.17, 15) is 4.79 Å². The topological polar surface area (TPSA) is 67.5 Å². The molecule has 1 aliphatic carbocycles. The van der Waals surface area contributed by atoms with Gasteiger partial charge < -0.3 is 5.11 Å². The van der Waals surface area contributed by atoms with Crippen LogP contribution in [-0.4, -0.2) is 25.7 Å². The van der Waals surface area contributed by atoms with Crippen LogP contribution in [-0.2, 0) is 11.2 Å². The molecular formula is C17H23N3O2. The third kappa shape index (κ3) is 2.85. The van der Waals surface area contributed by atoms with Crippen LogP contribution in [0.2, 0.25) is 0 Å². The molecule has 5 nitrogen and oxygen atoms in total. The van der Waals surface area contributed by atoms with E-state index in [4.69, 9.17) is 10.2 Å².